The van der Waals surface area contributed by atoms with Crippen molar-refractivity contribution in [3.8, 4) is 17.2 Å². The van der Waals surface area contributed by atoms with Crippen LogP contribution >= 0.6 is 0 Å². The molecule has 0 radical (unpaired) electrons. The van der Waals surface area contributed by atoms with Crippen molar-refractivity contribution in [2.75, 3.05) is 68.8 Å². The van der Waals surface area contributed by atoms with Crippen molar-refractivity contribution in [3.05, 3.63) is 101 Å². The molecule has 4 rings (SSSR count). The number of amides is 8. The molecular weight excluding hydrogens is 1020 g/mol. The first-order chi connectivity index (χ1) is 38.0. The van der Waals surface area contributed by atoms with E-state index >= 15 is 0 Å². The second kappa shape index (κ2) is 33.2. The van der Waals surface area contributed by atoms with E-state index in [0.29, 0.717) is 84.0 Å². The third-order valence-corrected chi connectivity index (χ3v) is 12.6. The van der Waals surface area contributed by atoms with Crippen LogP contribution < -0.4 is 85.8 Å². The third-order valence-electron chi connectivity index (χ3n) is 12.6. The molecule has 0 aliphatic heterocycles. The van der Waals surface area contributed by atoms with Gasteiger partial charge in [-0.15, -0.1) is 0 Å². The number of unbranched alkanes of at least 4 members (excludes halogenated alkanes) is 4. The van der Waals surface area contributed by atoms with Gasteiger partial charge in [-0.1, -0.05) is 12.5 Å². The average molecular weight is 1100 g/mol. The number of hydrogen-bond acceptors (Lipinski definition) is 16. The summed E-state index contributed by atoms with van der Waals surface area (Å²) < 4.78 is 16.2. The second-order valence-corrected chi connectivity index (χ2v) is 18.5. The average Bonchev–Trinajstić information content (AvgIpc) is 3.44. The summed E-state index contributed by atoms with van der Waals surface area (Å²) in [5, 5.41) is 19.3. The van der Waals surface area contributed by atoms with Crippen LogP contribution in [0.15, 0.2) is 78.9 Å². The maximum atomic E-state index is 14.2. The lowest BCUT2D eigenvalue weighted by Gasteiger charge is -2.21. The molecule has 79 heavy (non-hydrogen) atoms. The van der Waals surface area contributed by atoms with E-state index in [4.69, 9.17) is 48.6 Å². The predicted octanol–water partition coefficient (Wildman–Crippen LogP) is 2.80. The highest BCUT2D eigenvalue weighted by Gasteiger charge is 2.28. The molecule has 0 spiro atoms. The number of methoxy groups -OCH3 is 3. The van der Waals surface area contributed by atoms with Gasteiger partial charge >= 0.3 is 0 Å². The zero-order chi connectivity index (χ0) is 57.9. The summed E-state index contributed by atoms with van der Waals surface area (Å²) in [6.07, 6.45) is 5.46. The minimum Gasteiger partial charge on any atom is -0.496 e. The molecule has 0 aromatic heterocycles. The molecular formula is C55H77N13O11. The monoisotopic (exact) mass is 1100 g/mol. The summed E-state index contributed by atoms with van der Waals surface area (Å²) in [5.41, 5.74) is 35.5. The van der Waals surface area contributed by atoms with E-state index in [9.17, 15) is 38.4 Å². The van der Waals surface area contributed by atoms with Crippen molar-refractivity contribution >= 4 is 70.0 Å². The van der Waals surface area contributed by atoms with Crippen LogP contribution in [0, 0.1) is 0 Å². The van der Waals surface area contributed by atoms with Gasteiger partial charge in [0.05, 0.1) is 44.1 Å². The Kier molecular flexibility index (Phi) is 26.6. The van der Waals surface area contributed by atoms with Gasteiger partial charge in [0.15, 0.2) is 0 Å². The summed E-state index contributed by atoms with van der Waals surface area (Å²) in [4.78, 5) is 108. The molecule has 0 fully saturated rings. The van der Waals surface area contributed by atoms with Crippen LogP contribution in [0.2, 0.25) is 0 Å². The Morgan fingerprint density at radius 1 is 0.418 bits per heavy atom. The maximum absolute atomic E-state index is 14.2. The van der Waals surface area contributed by atoms with Crippen LogP contribution in [0.4, 0.5) is 22.7 Å². The van der Waals surface area contributed by atoms with Crippen LogP contribution in [-0.2, 0) is 19.2 Å². The first-order valence-electron chi connectivity index (χ1n) is 26.2. The molecule has 0 aliphatic carbocycles. The lowest BCUT2D eigenvalue weighted by atomic mass is 10.1. The minimum absolute atomic E-state index is 0.0349. The van der Waals surface area contributed by atoms with Gasteiger partial charge in [-0.05, 0) is 170 Å². The lowest BCUT2D eigenvalue weighted by molar-refractivity contribution is -0.118. The first kappa shape index (κ1) is 63.4. The molecule has 0 saturated heterocycles. The van der Waals surface area contributed by atoms with Crippen LogP contribution in [0.25, 0.3) is 0 Å². The normalized spacial score (nSPS) is 12.4. The molecule has 0 bridgehead atoms. The Bertz CT molecular complexity index is 2720. The van der Waals surface area contributed by atoms with Gasteiger partial charge in [0.1, 0.15) is 35.4 Å². The van der Waals surface area contributed by atoms with Crippen LogP contribution in [-0.4, -0.2) is 119 Å². The van der Waals surface area contributed by atoms with Crippen molar-refractivity contribution < 1.29 is 52.6 Å². The van der Waals surface area contributed by atoms with E-state index in [0.717, 1.165) is 0 Å². The summed E-state index contributed by atoms with van der Waals surface area (Å²) in [6.45, 7) is 1.51. The quantitative estimate of drug-likeness (QED) is 0.0299. The van der Waals surface area contributed by atoms with Crippen molar-refractivity contribution in [2.24, 2.45) is 34.4 Å². The molecule has 4 atom stereocenters. The van der Waals surface area contributed by atoms with E-state index in [1.807, 2.05) is 0 Å². The van der Waals surface area contributed by atoms with Gasteiger partial charge in [-0.3, -0.25) is 38.4 Å². The number of nitrogens with two attached hydrogens (primary N) is 6. The summed E-state index contributed by atoms with van der Waals surface area (Å²) >= 11 is 0. The lowest BCUT2D eigenvalue weighted by Crippen LogP contribution is -2.44. The van der Waals surface area contributed by atoms with Crippen LogP contribution in [0.3, 0.4) is 0 Å². The minimum atomic E-state index is -1.13. The molecule has 19 N–H and O–H groups in total. The second-order valence-electron chi connectivity index (χ2n) is 18.5. The third kappa shape index (κ3) is 20.0. The number of nitrogens with one attached hydrogen (secondary N) is 7. The summed E-state index contributed by atoms with van der Waals surface area (Å²) in [7, 11) is 4.11. The van der Waals surface area contributed by atoms with Crippen molar-refractivity contribution in [1.29, 1.82) is 0 Å². The Balaban J connectivity index is 1.51. The Labute approximate surface area is 459 Å². The van der Waals surface area contributed by atoms with Crippen molar-refractivity contribution in [2.45, 2.75) is 101 Å². The zero-order valence-electron chi connectivity index (χ0n) is 45.1. The molecule has 0 heterocycles. The number of anilines is 4. The van der Waals surface area contributed by atoms with Gasteiger partial charge in [-0.25, -0.2) is 0 Å². The van der Waals surface area contributed by atoms with E-state index in [2.05, 4.69) is 37.2 Å². The SMILES string of the molecule is COc1ccc(NC(=O)C(CCCCN)NC(=O)c2cccc(NC(=O)[C@H](CCCCN)NC(=O)c3cc(NC(=O)[C@H](CCCCN)NC(=O)c4cc(NC(=O)C(N)CCCCN)ccc4OC)ccc3OC)c2)cc1C(N)=O. The standard InChI is InChI=1S/C55H77N13O11/c1-77-45-22-19-35(30-38(45)48(61)69)64-53(74)42(16-5-9-26-57)66-49(70)33-13-12-14-34(29-33)63-54(75)43(17-6-10-27-58)67-51(72)40-32-37(21-24-47(40)79-3)65-55(76)44(18-7-11-28-59)68-50(71)39-31-36(20-23-46(39)78-2)62-52(73)41(60)15-4-8-25-56/h12-14,19-24,29-32,41-44H,4-11,15-18,25-28,56-60H2,1-3H3,(H2,61,69)(H,62,73)(H,63,75)(H,64,74)(H,65,76)(H,66,70)(H,67,72)(H,68,71)/t41?,42?,43-,44-/m0/s1. The predicted molar refractivity (Wildman–Crippen MR) is 302 cm³/mol. The van der Waals surface area contributed by atoms with E-state index in [-0.39, 0.29) is 81.5 Å². The first-order valence-corrected chi connectivity index (χ1v) is 26.2. The molecule has 0 saturated carbocycles. The van der Waals surface area contributed by atoms with Crippen LogP contribution in [0.1, 0.15) is 118 Å². The van der Waals surface area contributed by atoms with Gasteiger partial charge in [0.2, 0.25) is 23.6 Å². The molecule has 428 valence electrons. The van der Waals surface area contributed by atoms with E-state index < -0.39 is 71.4 Å². The highest BCUT2D eigenvalue weighted by Crippen LogP contribution is 2.27. The number of carbonyl (C=O) groups excluding carboxylic acids is 8. The number of carbonyl (C=O) groups is 8. The molecule has 8 amide bonds. The van der Waals surface area contributed by atoms with Gasteiger partial charge in [-0.2, -0.15) is 0 Å². The Morgan fingerprint density at radius 3 is 1.14 bits per heavy atom. The van der Waals surface area contributed by atoms with Gasteiger partial charge in [0.25, 0.3) is 23.6 Å². The number of benzene rings is 4. The van der Waals surface area contributed by atoms with E-state index in [1.54, 1.807) is 18.2 Å². The number of ether oxygens (including phenoxy) is 3. The fourth-order valence-corrected chi connectivity index (χ4v) is 8.20. The van der Waals surface area contributed by atoms with Crippen molar-refractivity contribution in [1.82, 2.24) is 16.0 Å². The molecule has 24 nitrogen and oxygen atoms in total. The maximum Gasteiger partial charge on any atom is 0.255 e. The molecule has 0 aliphatic rings. The number of rotatable bonds is 34. The highest BCUT2D eigenvalue weighted by molar-refractivity contribution is 6.07. The summed E-state index contributed by atoms with van der Waals surface area (Å²) in [5.74, 6) is -4.53. The van der Waals surface area contributed by atoms with Gasteiger partial charge in [0, 0.05) is 28.3 Å². The molecule has 24 heteroatoms. The number of hydrogen-bond donors (Lipinski definition) is 13. The topological polar surface area (TPSA) is 405 Å². The Morgan fingerprint density at radius 2 is 0.759 bits per heavy atom. The molecule has 4 aromatic carbocycles. The van der Waals surface area contributed by atoms with Gasteiger partial charge < -0.3 is 85.8 Å². The smallest absolute Gasteiger partial charge is 0.255 e. The van der Waals surface area contributed by atoms with Crippen molar-refractivity contribution in [3.63, 3.8) is 0 Å². The zero-order valence-corrected chi connectivity index (χ0v) is 45.1. The molecule has 2 unspecified atom stereocenters. The highest BCUT2D eigenvalue weighted by atomic mass is 16.5. The fraction of sp³-hybridized carbons (Fsp3) is 0.418. The van der Waals surface area contributed by atoms with Crippen LogP contribution in [0.5, 0.6) is 17.2 Å². The largest absolute Gasteiger partial charge is 0.496 e. The van der Waals surface area contributed by atoms with E-state index in [1.165, 1.54) is 82.0 Å². The number of primary amides is 1. The summed E-state index contributed by atoms with van der Waals surface area (Å²) in [6, 6.07) is 15.1. The molecule has 4 aromatic rings. The Hall–Kier alpha value is -8.16. The fourth-order valence-electron chi connectivity index (χ4n) is 8.20.